The van der Waals surface area contributed by atoms with Gasteiger partial charge in [0.1, 0.15) is 11.6 Å². The summed E-state index contributed by atoms with van der Waals surface area (Å²) in [5, 5.41) is 2.99. The lowest BCUT2D eigenvalue weighted by Gasteiger charge is -2.31. The molecular weight excluding hydrogens is 361 g/mol. The second-order valence-corrected chi connectivity index (χ2v) is 7.21. The Hall–Kier alpha value is -2.25. The van der Waals surface area contributed by atoms with Gasteiger partial charge in [-0.15, -0.1) is 0 Å². The Balaban J connectivity index is 1.59. The van der Waals surface area contributed by atoms with E-state index >= 15 is 0 Å². The van der Waals surface area contributed by atoms with Crippen LogP contribution in [0.15, 0.2) is 28.7 Å². The number of rotatable bonds is 8. The van der Waals surface area contributed by atoms with Crippen LogP contribution in [0.1, 0.15) is 30.7 Å². The Labute approximate surface area is 165 Å². The topological polar surface area (TPSA) is 67.6 Å². The summed E-state index contributed by atoms with van der Waals surface area (Å²) in [5.74, 6) is 0.720. The van der Waals surface area contributed by atoms with Gasteiger partial charge in [0.2, 0.25) is 11.8 Å². The molecule has 3 rings (SSSR count). The number of benzene rings is 1. The Morgan fingerprint density at radius 2 is 2.25 bits per heavy atom. The van der Waals surface area contributed by atoms with Crippen molar-refractivity contribution in [3.05, 3.63) is 41.5 Å². The number of aryl methyl sites for hydroxylation is 1. The van der Waals surface area contributed by atoms with E-state index in [1.807, 2.05) is 6.92 Å². The second kappa shape index (κ2) is 9.80. The lowest BCUT2D eigenvalue weighted by molar-refractivity contribution is -0.126. The summed E-state index contributed by atoms with van der Waals surface area (Å²) in [6, 6.07) is 6.46. The molecule has 1 aromatic carbocycles. The third-order valence-electron chi connectivity index (χ3n) is 5.07. The second-order valence-electron chi connectivity index (χ2n) is 7.21. The van der Waals surface area contributed by atoms with Crippen LogP contribution in [-0.4, -0.2) is 49.1 Å². The van der Waals surface area contributed by atoms with Crippen molar-refractivity contribution in [1.82, 2.24) is 15.2 Å². The number of likely N-dealkylation sites (tertiary alicyclic amines) is 1. The average molecular weight is 389 g/mol. The van der Waals surface area contributed by atoms with E-state index in [0.717, 1.165) is 31.5 Å². The summed E-state index contributed by atoms with van der Waals surface area (Å²) < 4.78 is 24.7. The molecule has 0 radical (unpaired) electrons. The number of hydrogen-bond acceptors (Lipinski definition) is 5. The zero-order valence-corrected chi connectivity index (χ0v) is 16.5. The summed E-state index contributed by atoms with van der Waals surface area (Å²) in [6.45, 7) is 5.32. The van der Waals surface area contributed by atoms with Gasteiger partial charge in [-0.25, -0.2) is 9.37 Å². The molecule has 0 saturated carbocycles. The van der Waals surface area contributed by atoms with E-state index in [0.29, 0.717) is 43.5 Å². The highest BCUT2D eigenvalue weighted by molar-refractivity contribution is 5.78. The zero-order chi connectivity index (χ0) is 19.9. The number of carbonyl (C=O) groups excluding carboxylic acids is 1. The Bertz CT molecular complexity index is 793. The number of methoxy groups -OCH3 is 1. The van der Waals surface area contributed by atoms with Crippen molar-refractivity contribution in [2.75, 3.05) is 33.4 Å². The van der Waals surface area contributed by atoms with Crippen LogP contribution in [0.5, 0.6) is 0 Å². The standard InChI is InChI=1S/C21H28FN3O3/c1-15-19(24-21(28-15)17-8-3-4-9-18(17)22)14-25-11-5-7-16(13-25)20(26)23-10-6-12-27-2/h3-4,8-9,16H,5-7,10-14H2,1-2H3,(H,23,26). The number of amides is 1. The minimum Gasteiger partial charge on any atom is -0.441 e. The molecule has 152 valence electrons. The summed E-state index contributed by atoms with van der Waals surface area (Å²) in [5.41, 5.74) is 1.16. The van der Waals surface area contributed by atoms with Gasteiger partial charge in [0.15, 0.2) is 0 Å². The third kappa shape index (κ3) is 5.17. The molecule has 2 aromatic rings. The number of halogens is 1. The maximum absolute atomic E-state index is 14.0. The lowest BCUT2D eigenvalue weighted by Crippen LogP contribution is -2.43. The Kier molecular flexibility index (Phi) is 7.17. The molecule has 7 heteroatoms. The summed E-state index contributed by atoms with van der Waals surface area (Å²) in [6.07, 6.45) is 2.67. The molecule has 0 spiro atoms. The number of aromatic nitrogens is 1. The smallest absolute Gasteiger partial charge is 0.229 e. The molecule has 0 aliphatic carbocycles. The van der Waals surface area contributed by atoms with Gasteiger partial charge < -0.3 is 14.5 Å². The highest BCUT2D eigenvalue weighted by atomic mass is 19.1. The fraction of sp³-hybridized carbons (Fsp3) is 0.524. The molecule has 1 unspecified atom stereocenters. The van der Waals surface area contributed by atoms with Crippen LogP contribution in [0.25, 0.3) is 11.5 Å². The van der Waals surface area contributed by atoms with Gasteiger partial charge in [-0.05, 0) is 44.9 Å². The summed E-state index contributed by atoms with van der Waals surface area (Å²) >= 11 is 0. The van der Waals surface area contributed by atoms with Gasteiger partial charge in [-0.1, -0.05) is 12.1 Å². The van der Waals surface area contributed by atoms with Crippen LogP contribution < -0.4 is 5.32 Å². The molecule has 1 aliphatic heterocycles. The van der Waals surface area contributed by atoms with E-state index < -0.39 is 0 Å². The third-order valence-corrected chi connectivity index (χ3v) is 5.07. The fourth-order valence-electron chi connectivity index (χ4n) is 3.52. The Morgan fingerprint density at radius 3 is 3.04 bits per heavy atom. The molecular formula is C21H28FN3O3. The molecule has 6 nitrogen and oxygen atoms in total. The van der Waals surface area contributed by atoms with E-state index in [2.05, 4.69) is 15.2 Å². The zero-order valence-electron chi connectivity index (χ0n) is 16.5. The van der Waals surface area contributed by atoms with Crippen LogP contribution in [0.3, 0.4) is 0 Å². The molecule has 1 aliphatic rings. The molecule has 1 atom stereocenters. The molecule has 1 aromatic heterocycles. The molecule has 1 fully saturated rings. The molecule has 1 N–H and O–H groups in total. The van der Waals surface area contributed by atoms with Gasteiger partial charge in [0.05, 0.1) is 17.2 Å². The van der Waals surface area contributed by atoms with E-state index in [-0.39, 0.29) is 17.6 Å². The molecule has 1 saturated heterocycles. The van der Waals surface area contributed by atoms with Gasteiger partial charge >= 0.3 is 0 Å². The molecule has 0 bridgehead atoms. The number of carbonyl (C=O) groups is 1. The number of oxazole rings is 1. The molecule has 1 amide bonds. The predicted molar refractivity (Wildman–Crippen MR) is 104 cm³/mol. The van der Waals surface area contributed by atoms with Gasteiger partial charge in [-0.2, -0.15) is 0 Å². The first-order valence-corrected chi connectivity index (χ1v) is 9.78. The van der Waals surface area contributed by atoms with Crippen molar-refractivity contribution >= 4 is 5.91 Å². The normalized spacial score (nSPS) is 17.6. The van der Waals surface area contributed by atoms with Crippen molar-refractivity contribution in [3.63, 3.8) is 0 Å². The van der Waals surface area contributed by atoms with Crippen LogP contribution >= 0.6 is 0 Å². The first kappa shape index (κ1) is 20.5. The molecule has 2 heterocycles. The number of ether oxygens (including phenoxy) is 1. The van der Waals surface area contributed by atoms with E-state index in [4.69, 9.17) is 9.15 Å². The maximum atomic E-state index is 14.0. The number of hydrogen-bond donors (Lipinski definition) is 1. The number of nitrogens with zero attached hydrogens (tertiary/aromatic N) is 2. The van der Waals surface area contributed by atoms with Crippen molar-refractivity contribution in [2.45, 2.75) is 32.7 Å². The number of nitrogens with one attached hydrogen (secondary N) is 1. The van der Waals surface area contributed by atoms with Crippen molar-refractivity contribution < 1.29 is 18.3 Å². The van der Waals surface area contributed by atoms with E-state index in [1.165, 1.54) is 6.07 Å². The largest absolute Gasteiger partial charge is 0.441 e. The summed E-state index contributed by atoms with van der Waals surface area (Å²) in [4.78, 5) is 19.1. The SMILES string of the molecule is COCCCNC(=O)C1CCCN(Cc2nc(-c3ccccc3F)oc2C)C1. The van der Waals surface area contributed by atoms with Crippen molar-refractivity contribution in [3.8, 4) is 11.5 Å². The van der Waals surface area contributed by atoms with Gasteiger partial charge in [-0.3, -0.25) is 9.69 Å². The minimum atomic E-state index is -0.349. The lowest BCUT2D eigenvalue weighted by atomic mass is 9.97. The average Bonchev–Trinajstić information content (AvgIpc) is 3.06. The molecule has 28 heavy (non-hydrogen) atoms. The highest BCUT2D eigenvalue weighted by Gasteiger charge is 2.27. The van der Waals surface area contributed by atoms with Crippen LogP contribution in [0.4, 0.5) is 4.39 Å². The fourth-order valence-corrected chi connectivity index (χ4v) is 3.52. The first-order valence-electron chi connectivity index (χ1n) is 9.78. The monoisotopic (exact) mass is 389 g/mol. The van der Waals surface area contributed by atoms with Gasteiger partial charge in [0, 0.05) is 33.4 Å². The number of piperidine rings is 1. The first-order chi connectivity index (χ1) is 13.6. The van der Waals surface area contributed by atoms with Crippen LogP contribution in [0, 0.1) is 18.7 Å². The Morgan fingerprint density at radius 1 is 1.43 bits per heavy atom. The van der Waals surface area contributed by atoms with Crippen molar-refractivity contribution in [1.29, 1.82) is 0 Å². The summed E-state index contributed by atoms with van der Waals surface area (Å²) in [7, 11) is 1.66. The van der Waals surface area contributed by atoms with Crippen LogP contribution in [0.2, 0.25) is 0 Å². The van der Waals surface area contributed by atoms with Gasteiger partial charge in [0.25, 0.3) is 0 Å². The highest BCUT2D eigenvalue weighted by Crippen LogP contribution is 2.26. The predicted octanol–water partition coefficient (Wildman–Crippen LogP) is 3.15. The van der Waals surface area contributed by atoms with E-state index in [1.54, 1.807) is 25.3 Å². The quantitative estimate of drug-likeness (QED) is 0.703. The minimum absolute atomic E-state index is 0.0189. The maximum Gasteiger partial charge on any atom is 0.229 e. The van der Waals surface area contributed by atoms with E-state index in [9.17, 15) is 9.18 Å². The van der Waals surface area contributed by atoms with Crippen LogP contribution in [-0.2, 0) is 16.1 Å². The van der Waals surface area contributed by atoms with Crippen molar-refractivity contribution in [2.24, 2.45) is 5.92 Å².